The van der Waals surface area contributed by atoms with E-state index in [1.807, 2.05) is 0 Å². The van der Waals surface area contributed by atoms with Crippen molar-refractivity contribution in [2.75, 3.05) is 13.2 Å². The number of ether oxygens (including phenoxy) is 2. The Kier molecular flexibility index (Phi) is 15.3. The Balaban J connectivity index is 2.82. The van der Waals surface area contributed by atoms with Gasteiger partial charge in [0.25, 0.3) is 0 Å². The van der Waals surface area contributed by atoms with Crippen molar-refractivity contribution in [3.8, 4) is 11.5 Å². The van der Waals surface area contributed by atoms with Crippen LogP contribution in [0.4, 0.5) is 0 Å². The SMILES string of the molecule is C=C(CC/C=C/[C@H](O[Si](C(C)C)(C(C)C)C(C)C)[C@H](C)C#C[Si](C)(C)C)[C@H](C)CCOC1CCCCO1. The molecule has 0 radical (unpaired) electrons. The van der Waals surface area contributed by atoms with E-state index in [0.717, 1.165) is 45.3 Å². The maximum Gasteiger partial charge on any atom is 0.201 e. The molecule has 0 spiro atoms. The third kappa shape index (κ3) is 12.0. The van der Waals surface area contributed by atoms with E-state index >= 15 is 0 Å². The molecular weight excluding hydrogens is 489 g/mol. The van der Waals surface area contributed by atoms with Gasteiger partial charge in [0.1, 0.15) is 8.07 Å². The zero-order chi connectivity index (χ0) is 28.2. The lowest BCUT2D eigenvalue weighted by Gasteiger charge is -2.44. The van der Waals surface area contributed by atoms with Crippen LogP contribution in [0.25, 0.3) is 0 Å². The largest absolute Gasteiger partial charge is 0.409 e. The minimum atomic E-state index is -2.01. The van der Waals surface area contributed by atoms with Crippen LogP contribution in [0.3, 0.4) is 0 Å². The van der Waals surface area contributed by atoms with Crippen LogP contribution in [-0.2, 0) is 13.9 Å². The Morgan fingerprint density at radius 3 is 2.14 bits per heavy atom. The summed E-state index contributed by atoms with van der Waals surface area (Å²) in [6.45, 7) is 31.6. The predicted molar refractivity (Wildman–Crippen MR) is 167 cm³/mol. The summed E-state index contributed by atoms with van der Waals surface area (Å²) in [6, 6.07) is 0. The van der Waals surface area contributed by atoms with Crippen molar-refractivity contribution in [2.45, 2.75) is 143 Å². The first-order valence-electron chi connectivity index (χ1n) is 15.0. The van der Waals surface area contributed by atoms with E-state index < -0.39 is 16.4 Å². The summed E-state index contributed by atoms with van der Waals surface area (Å²) in [7, 11) is -3.44. The van der Waals surface area contributed by atoms with Gasteiger partial charge in [-0.2, -0.15) is 0 Å². The molecule has 0 aromatic rings. The van der Waals surface area contributed by atoms with Crippen LogP contribution in [0.5, 0.6) is 0 Å². The highest BCUT2D eigenvalue weighted by Gasteiger charge is 2.46. The van der Waals surface area contributed by atoms with Gasteiger partial charge in [0.05, 0.1) is 12.7 Å². The number of hydrogen-bond acceptors (Lipinski definition) is 3. The average molecular weight is 549 g/mol. The van der Waals surface area contributed by atoms with Crippen molar-refractivity contribution in [1.82, 2.24) is 0 Å². The molecule has 0 aromatic carbocycles. The first-order valence-corrected chi connectivity index (χ1v) is 20.6. The second-order valence-electron chi connectivity index (χ2n) is 13.2. The van der Waals surface area contributed by atoms with Gasteiger partial charge in [0.2, 0.25) is 8.32 Å². The molecule has 0 saturated carbocycles. The first kappa shape index (κ1) is 34.4. The molecule has 37 heavy (non-hydrogen) atoms. The highest BCUT2D eigenvalue weighted by atomic mass is 28.4. The van der Waals surface area contributed by atoms with Crippen molar-refractivity contribution < 1.29 is 13.9 Å². The molecule has 214 valence electrons. The highest BCUT2D eigenvalue weighted by Crippen LogP contribution is 2.43. The summed E-state index contributed by atoms with van der Waals surface area (Å²) >= 11 is 0. The van der Waals surface area contributed by atoms with Crippen LogP contribution in [0.2, 0.25) is 36.3 Å². The molecule has 0 N–H and O–H groups in total. The molecule has 1 fully saturated rings. The molecule has 0 aliphatic carbocycles. The molecule has 0 aromatic heterocycles. The number of rotatable bonds is 15. The van der Waals surface area contributed by atoms with Crippen molar-refractivity contribution in [1.29, 1.82) is 0 Å². The minimum absolute atomic E-state index is 0.00157. The topological polar surface area (TPSA) is 27.7 Å². The number of hydrogen-bond donors (Lipinski definition) is 0. The predicted octanol–water partition coefficient (Wildman–Crippen LogP) is 9.53. The summed E-state index contributed by atoms with van der Waals surface area (Å²) in [5, 5.41) is 0. The van der Waals surface area contributed by atoms with Gasteiger partial charge in [-0.3, -0.25) is 0 Å². The smallest absolute Gasteiger partial charge is 0.201 e. The van der Waals surface area contributed by atoms with E-state index in [1.165, 1.54) is 12.0 Å². The zero-order valence-corrected chi connectivity index (χ0v) is 28.3. The molecule has 5 heteroatoms. The minimum Gasteiger partial charge on any atom is -0.409 e. The van der Waals surface area contributed by atoms with E-state index in [4.69, 9.17) is 13.9 Å². The van der Waals surface area contributed by atoms with Crippen LogP contribution in [0.1, 0.15) is 93.9 Å². The molecular formula is C32H60O3Si2. The van der Waals surface area contributed by atoms with Crippen LogP contribution in [0.15, 0.2) is 24.3 Å². The molecule has 1 aliphatic heterocycles. The molecule has 4 atom stereocenters. The zero-order valence-electron chi connectivity index (χ0n) is 26.3. The van der Waals surface area contributed by atoms with Gasteiger partial charge in [-0.15, -0.1) is 11.5 Å². The Morgan fingerprint density at radius 2 is 1.62 bits per heavy atom. The Hall–Kier alpha value is -0.646. The molecule has 0 amide bonds. The van der Waals surface area contributed by atoms with Gasteiger partial charge in [-0.1, -0.05) is 92.4 Å². The summed E-state index contributed by atoms with van der Waals surface area (Å²) in [5.41, 5.74) is 6.57. The van der Waals surface area contributed by atoms with E-state index in [-0.39, 0.29) is 18.3 Å². The fourth-order valence-corrected chi connectivity index (χ4v) is 11.8. The van der Waals surface area contributed by atoms with E-state index in [9.17, 15) is 0 Å². The monoisotopic (exact) mass is 548 g/mol. The Labute approximate surface area is 233 Å². The Bertz CT molecular complexity index is 726. The third-order valence-corrected chi connectivity index (χ3v) is 14.9. The summed E-state index contributed by atoms with van der Waals surface area (Å²) < 4.78 is 18.9. The normalized spacial score (nSPS) is 19.8. The lowest BCUT2D eigenvalue weighted by molar-refractivity contribution is -0.163. The van der Waals surface area contributed by atoms with Gasteiger partial charge >= 0.3 is 0 Å². The van der Waals surface area contributed by atoms with Gasteiger partial charge in [-0.25, -0.2) is 0 Å². The van der Waals surface area contributed by atoms with Crippen molar-refractivity contribution in [2.24, 2.45) is 11.8 Å². The maximum atomic E-state index is 7.23. The molecule has 0 bridgehead atoms. The van der Waals surface area contributed by atoms with Gasteiger partial charge < -0.3 is 13.9 Å². The average Bonchev–Trinajstić information content (AvgIpc) is 2.81. The van der Waals surface area contributed by atoms with Crippen LogP contribution in [0, 0.1) is 23.3 Å². The molecule has 1 saturated heterocycles. The molecule has 1 unspecified atom stereocenters. The summed E-state index contributed by atoms with van der Waals surface area (Å²) in [4.78, 5) is 0. The standard InChI is InChI=1S/C32H60O3Si2/c1-25(2)37(26(3)4,27(5)6)35-31(30(9)21-24-36(10,11)12)18-14-13-17-28(7)29(8)20-23-34-32-19-15-16-22-33-32/h14,18,25-27,29-32H,7,13,15-17,19-20,22-23H2,1-6,8-12H3/b18-14+/t29-,30-,31+,32?/m1/s1. The van der Waals surface area contributed by atoms with Crippen molar-refractivity contribution >= 4 is 16.4 Å². The first-order chi connectivity index (χ1) is 17.2. The van der Waals surface area contributed by atoms with Crippen LogP contribution >= 0.6 is 0 Å². The third-order valence-electron chi connectivity index (χ3n) is 7.86. The second-order valence-corrected chi connectivity index (χ2v) is 23.3. The quantitative estimate of drug-likeness (QED) is 0.116. The lowest BCUT2D eigenvalue weighted by Crippen LogP contribution is -2.50. The fraction of sp³-hybridized carbons (Fsp3) is 0.812. The molecule has 1 rings (SSSR count). The van der Waals surface area contributed by atoms with Crippen LogP contribution in [-0.4, -0.2) is 42.0 Å². The maximum absolute atomic E-state index is 7.23. The highest BCUT2D eigenvalue weighted by molar-refractivity contribution is 6.83. The van der Waals surface area contributed by atoms with E-state index in [1.54, 1.807) is 0 Å². The molecule has 1 aliphatic rings. The second kappa shape index (κ2) is 16.5. The number of allylic oxidation sites excluding steroid dienone is 2. The van der Waals surface area contributed by atoms with Crippen molar-refractivity contribution in [3.05, 3.63) is 24.3 Å². The fourth-order valence-electron chi connectivity index (χ4n) is 5.53. The van der Waals surface area contributed by atoms with Crippen molar-refractivity contribution in [3.63, 3.8) is 0 Å². The van der Waals surface area contributed by atoms with Gasteiger partial charge in [-0.05, 0) is 68.0 Å². The summed E-state index contributed by atoms with van der Waals surface area (Å²) in [5.74, 6) is 4.24. The molecule has 3 nitrogen and oxygen atoms in total. The summed E-state index contributed by atoms with van der Waals surface area (Å²) in [6.07, 6.45) is 11.1. The van der Waals surface area contributed by atoms with E-state index in [2.05, 4.69) is 105 Å². The van der Waals surface area contributed by atoms with Crippen LogP contribution < -0.4 is 0 Å². The Morgan fingerprint density at radius 1 is 1.00 bits per heavy atom. The van der Waals surface area contributed by atoms with Gasteiger partial charge in [0.15, 0.2) is 6.29 Å². The molecule has 1 heterocycles. The lowest BCUT2D eigenvalue weighted by atomic mass is 9.95. The van der Waals surface area contributed by atoms with Gasteiger partial charge in [0, 0.05) is 12.5 Å². The van der Waals surface area contributed by atoms with E-state index in [0.29, 0.717) is 22.5 Å².